The second kappa shape index (κ2) is 16.5. The number of rotatable bonds is 14. The van der Waals surface area contributed by atoms with E-state index in [1.165, 1.54) is 0 Å². The summed E-state index contributed by atoms with van der Waals surface area (Å²) in [6.07, 6.45) is -0.251. The first-order valence-electron chi connectivity index (χ1n) is 15.1. The average molecular weight is 644 g/mol. The largest absolute Gasteiger partial charge is 0.349 e. The first kappa shape index (κ1) is 34.1. The van der Waals surface area contributed by atoms with Gasteiger partial charge in [0.2, 0.25) is 11.8 Å². The van der Waals surface area contributed by atoms with Crippen molar-refractivity contribution in [2.24, 2.45) is 5.73 Å². The number of para-hydroxylation sites is 1. The van der Waals surface area contributed by atoms with Crippen LogP contribution in [0.25, 0.3) is 10.8 Å². The summed E-state index contributed by atoms with van der Waals surface area (Å²) in [5.41, 5.74) is 7.74. The molecule has 0 saturated carbocycles. The van der Waals surface area contributed by atoms with Gasteiger partial charge in [-0.25, -0.2) is 0 Å². The third-order valence-corrected chi connectivity index (χ3v) is 7.59. The highest BCUT2D eigenvalue weighted by molar-refractivity contribution is 6.06. The summed E-state index contributed by atoms with van der Waals surface area (Å²) < 4.78 is 5.46. The fraction of sp³-hybridized carbons (Fsp3) is 0.257. The number of fused-ring (bicyclic) bond motifs is 1. The minimum atomic E-state index is -1.08. The third kappa shape index (κ3) is 9.13. The summed E-state index contributed by atoms with van der Waals surface area (Å²) in [4.78, 5) is 52.9. The maximum absolute atomic E-state index is 13.4. The molecule has 1 aliphatic heterocycles. The Labute approximate surface area is 273 Å². The zero-order valence-electron chi connectivity index (χ0n) is 25.2. The zero-order valence-corrected chi connectivity index (χ0v) is 26.0. The Bertz CT molecular complexity index is 1630. The highest BCUT2D eigenvalue weighted by Crippen LogP contribution is 2.25. The van der Waals surface area contributed by atoms with E-state index in [0.29, 0.717) is 37.2 Å². The third-order valence-electron chi connectivity index (χ3n) is 7.59. The lowest BCUT2D eigenvalue weighted by Crippen LogP contribution is -2.49. The normalized spacial score (nSPS) is 16.3. The molecular formula is C35H38ClN5O5. The number of hydrogen-bond donors (Lipinski definition) is 5. The lowest BCUT2D eigenvalue weighted by molar-refractivity contribution is -0.128. The van der Waals surface area contributed by atoms with E-state index in [2.05, 4.69) is 21.3 Å². The van der Waals surface area contributed by atoms with Crippen LogP contribution < -0.4 is 27.0 Å². The molecule has 0 aliphatic carbocycles. The summed E-state index contributed by atoms with van der Waals surface area (Å²) >= 11 is 0. The van der Waals surface area contributed by atoms with Crippen LogP contribution in [0, 0.1) is 0 Å². The molecule has 6 N–H and O–H groups in total. The van der Waals surface area contributed by atoms with E-state index < -0.39 is 42.0 Å². The lowest BCUT2D eigenvalue weighted by Gasteiger charge is -2.19. The van der Waals surface area contributed by atoms with E-state index in [0.717, 1.165) is 16.3 Å². The van der Waals surface area contributed by atoms with Crippen LogP contribution in [0.5, 0.6) is 0 Å². The molecule has 1 saturated heterocycles. The van der Waals surface area contributed by atoms with Crippen molar-refractivity contribution in [2.75, 3.05) is 17.2 Å². The first-order chi connectivity index (χ1) is 21.9. The monoisotopic (exact) mass is 643 g/mol. The van der Waals surface area contributed by atoms with Crippen LogP contribution in [0.15, 0.2) is 103 Å². The van der Waals surface area contributed by atoms with Crippen molar-refractivity contribution in [3.63, 3.8) is 0 Å². The van der Waals surface area contributed by atoms with Gasteiger partial charge >= 0.3 is 0 Å². The number of hydrogen-bond acceptors (Lipinski definition) is 6. The van der Waals surface area contributed by atoms with Crippen LogP contribution in [0.2, 0.25) is 0 Å². The molecule has 1 aliphatic rings. The number of epoxide rings is 1. The predicted molar refractivity (Wildman–Crippen MR) is 180 cm³/mol. The summed E-state index contributed by atoms with van der Waals surface area (Å²) in [6.45, 7) is 0.460. The standard InChI is InChI=1S/C35H37N5O5.ClH/c36-21-10-9-19-28(32(41)38-27-20-11-15-24-14-7-8-18-26(24)27)39-34(43)30-31(45-30)35(44)40-29(22-23-12-3-1-4-13-23)33(42)37-25-16-5-2-6-17-25;/h1-8,11-18,20,28-31H,9-10,19,21-22,36H2,(H,37,42)(H,38,41)(H,39,43)(H,40,44);1H/t28-,29-,30?,31?;/m0./s1. The van der Waals surface area contributed by atoms with Crippen LogP contribution in [-0.4, -0.2) is 54.5 Å². The Morgan fingerprint density at radius 1 is 0.674 bits per heavy atom. The molecule has 4 atom stereocenters. The fourth-order valence-corrected chi connectivity index (χ4v) is 5.14. The minimum Gasteiger partial charge on any atom is -0.349 e. The maximum Gasteiger partial charge on any atom is 0.253 e. The molecule has 46 heavy (non-hydrogen) atoms. The molecular weight excluding hydrogens is 606 g/mol. The topological polar surface area (TPSA) is 155 Å². The first-order valence-corrected chi connectivity index (χ1v) is 15.1. The van der Waals surface area contributed by atoms with Crippen molar-refractivity contribution in [3.8, 4) is 0 Å². The molecule has 0 aromatic heterocycles. The number of halogens is 1. The molecule has 1 fully saturated rings. The van der Waals surface area contributed by atoms with Crippen LogP contribution in [-0.2, 0) is 30.3 Å². The van der Waals surface area contributed by atoms with E-state index in [1.807, 2.05) is 78.9 Å². The van der Waals surface area contributed by atoms with Crippen LogP contribution in [0.4, 0.5) is 11.4 Å². The van der Waals surface area contributed by atoms with Gasteiger partial charge in [-0.2, -0.15) is 0 Å². The second-order valence-electron chi connectivity index (χ2n) is 10.9. The SMILES string of the molecule is Cl.NCCCC[C@H](NC(=O)C1OC1C(=O)N[C@@H](Cc1ccccc1)C(=O)Nc1ccccc1)C(=O)Nc1cccc2ccccc12. The zero-order chi connectivity index (χ0) is 31.6. The Kier molecular flexibility index (Phi) is 12.2. The number of amides is 4. The number of unbranched alkanes of at least 4 members (excludes halogenated alkanes) is 1. The van der Waals surface area contributed by atoms with Gasteiger partial charge < -0.3 is 31.7 Å². The van der Waals surface area contributed by atoms with Crippen molar-refractivity contribution in [3.05, 3.63) is 109 Å². The molecule has 4 aromatic carbocycles. The molecule has 5 rings (SSSR count). The highest BCUT2D eigenvalue weighted by Gasteiger charge is 2.51. The van der Waals surface area contributed by atoms with Gasteiger partial charge in [-0.3, -0.25) is 19.2 Å². The number of ether oxygens (including phenoxy) is 1. The van der Waals surface area contributed by atoms with E-state index >= 15 is 0 Å². The smallest absolute Gasteiger partial charge is 0.253 e. The van der Waals surface area contributed by atoms with Crippen LogP contribution in [0.3, 0.4) is 0 Å². The summed E-state index contributed by atoms with van der Waals surface area (Å²) in [5, 5.41) is 13.1. The minimum absolute atomic E-state index is 0. The van der Waals surface area contributed by atoms with Crippen molar-refractivity contribution in [1.29, 1.82) is 0 Å². The number of nitrogens with one attached hydrogen (secondary N) is 4. The van der Waals surface area contributed by atoms with E-state index in [9.17, 15) is 19.2 Å². The van der Waals surface area contributed by atoms with E-state index in [1.54, 1.807) is 24.3 Å². The molecule has 0 radical (unpaired) electrons. The van der Waals surface area contributed by atoms with Crippen molar-refractivity contribution in [1.82, 2.24) is 10.6 Å². The molecule has 10 nitrogen and oxygen atoms in total. The number of nitrogens with two attached hydrogens (primary N) is 1. The Morgan fingerprint density at radius 3 is 1.96 bits per heavy atom. The Morgan fingerprint density at radius 2 is 1.26 bits per heavy atom. The summed E-state index contributed by atoms with van der Waals surface area (Å²) in [7, 11) is 0. The number of benzene rings is 4. The average Bonchev–Trinajstić information content (AvgIpc) is 3.87. The fourth-order valence-electron chi connectivity index (χ4n) is 5.14. The number of carbonyl (C=O) groups excluding carboxylic acids is 4. The Hall–Kier alpha value is -4.77. The molecule has 4 aromatic rings. The molecule has 11 heteroatoms. The maximum atomic E-state index is 13.4. The molecule has 1 heterocycles. The number of carbonyl (C=O) groups is 4. The molecule has 0 spiro atoms. The predicted octanol–water partition coefficient (Wildman–Crippen LogP) is 3.95. The van der Waals surface area contributed by atoms with Crippen molar-refractivity contribution >= 4 is 58.2 Å². The lowest BCUT2D eigenvalue weighted by atomic mass is 10.0. The Balaban J connectivity index is 0.00000480. The van der Waals surface area contributed by atoms with Gasteiger partial charge in [0, 0.05) is 23.2 Å². The molecule has 2 unspecified atom stereocenters. The molecule has 0 bridgehead atoms. The van der Waals surface area contributed by atoms with Gasteiger partial charge in [0.05, 0.1) is 0 Å². The van der Waals surface area contributed by atoms with Crippen molar-refractivity contribution < 1.29 is 23.9 Å². The van der Waals surface area contributed by atoms with Crippen molar-refractivity contribution in [2.45, 2.75) is 50.0 Å². The van der Waals surface area contributed by atoms with Gasteiger partial charge in [-0.05, 0) is 55.0 Å². The summed E-state index contributed by atoms with van der Waals surface area (Å²) in [5.74, 6) is -1.93. The van der Waals surface area contributed by atoms with Crippen LogP contribution >= 0.6 is 12.4 Å². The molecule has 240 valence electrons. The van der Waals surface area contributed by atoms with Gasteiger partial charge in [-0.15, -0.1) is 12.4 Å². The van der Waals surface area contributed by atoms with E-state index in [-0.39, 0.29) is 24.7 Å². The second-order valence-corrected chi connectivity index (χ2v) is 10.9. The van der Waals surface area contributed by atoms with Gasteiger partial charge in [0.1, 0.15) is 12.1 Å². The van der Waals surface area contributed by atoms with Gasteiger partial charge in [0.15, 0.2) is 12.2 Å². The quantitative estimate of drug-likeness (QED) is 0.104. The summed E-state index contributed by atoms with van der Waals surface area (Å²) in [6, 6.07) is 29.8. The van der Waals surface area contributed by atoms with Crippen LogP contribution in [0.1, 0.15) is 24.8 Å². The molecule has 4 amide bonds. The van der Waals surface area contributed by atoms with Gasteiger partial charge in [-0.1, -0.05) is 84.9 Å². The highest BCUT2D eigenvalue weighted by atomic mass is 35.5. The number of anilines is 2. The van der Waals surface area contributed by atoms with Gasteiger partial charge in [0.25, 0.3) is 11.8 Å². The van der Waals surface area contributed by atoms with E-state index in [4.69, 9.17) is 10.5 Å².